The molecule has 0 aromatic rings. The van der Waals surface area contributed by atoms with Gasteiger partial charge in [0.25, 0.3) is 0 Å². The van der Waals surface area contributed by atoms with Crippen molar-refractivity contribution in [2.24, 2.45) is 5.92 Å². The van der Waals surface area contributed by atoms with Crippen molar-refractivity contribution in [2.45, 2.75) is 45.4 Å². The van der Waals surface area contributed by atoms with E-state index in [0.717, 1.165) is 32.1 Å². The Morgan fingerprint density at radius 3 is 2.33 bits per heavy atom. The number of unbranched alkanes of at least 4 members (excludes halogenated alkanes) is 4. The van der Waals surface area contributed by atoms with Gasteiger partial charge < -0.3 is 0 Å². The van der Waals surface area contributed by atoms with Crippen LogP contribution in [-0.4, -0.2) is 0 Å². The van der Waals surface area contributed by atoms with E-state index in [0.29, 0.717) is 6.42 Å². The van der Waals surface area contributed by atoms with Crippen LogP contribution in [0.1, 0.15) is 45.4 Å². The second-order valence-electron chi connectivity index (χ2n) is 3.14. The third-order valence-electron chi connectivity index (χ3n) is 1.90. The predicted molar refractivity (Wildman–Crippen MR) is 48.1 cm³/mol. The van der Waals surface area contributed by atoms with Crippen LogP contribution < -0.4 is 0 Å². The molecule has 66 valence electrons. The van der Waals surface area contributed by atoms with Crippen LogP contribution in [-0.2, 0) is 0 Å². The second kappa shape index (κ2) is 8.08. The van der Waals surface area contributed by atoms with Gasteiger partial charge in [0.1, 0.15) is 0 Å². The van der Waals surface area contributed by atoms with Crippen molar-refractivity contribution in [3.63, 3.8) is 0 Å². The average Bonchev–Trinajstić information content (AvgIpc) is 2.10. The molecule has 1 atom stereocenters. The lowest BCUT2D eigenvalue weighted by Gasteiger charge is -2.00. The highest BCUT2D eigenvalue weighted by molar-refractivity contribution is 4.77. The van der Waals surface area contributed by atoms with Crippen LogP contribution in [0.5, 0.6) is 0 Å². The number of hydrogen-bond donors (Lipinski definition) is 0. The van der Waals surface area contributed by atoms with E-state index in [2.05, 4.69) is 12.1 Å². The molecule has 0 radical (unpaired) electrons. The fraction of sp³-hybridized carbons (Fsp3) is 0.800. The van der Waals surface area contributed by atoms with E-state index < -0.39 is 0 Å². The van der Waals surface area contributed by atoms with Crippen LogP contribution in [0.15, 0.2) is 0 Å². The minimum atomic E-state index is 0.195. The second-order valence-corrected chi connectivity index (χ2v) is 3.14. The molecule has 0 aliphatic heterocycles. The van der Waals surface area contributed by atoms with E-state index in [-0.39, 0.29) is 5.92 Å². The maximum absolute atomic E-state index is 8.48. The van der Waals surface area contributed by atoms with Crippen LogP contribution in [0.3, 0.4) is 0 Å². The predicted octanol–water partition coefficient (Wildman–Crippen LogP) is 3.01. The van der Waals surface area contributed by atoms with Crippen molar-refractivity contribution in [2.75, 3.05) is 0 Å². The van der Waals surface area contributed by atoms with E-state index in [1.54, 1.807) is 0 Å². The summed E-state index contributed by atoms with van der Waals surface area (Å²) in [6, 6.07) is 4.34. The third kappa shape index (κ3) is 7.09. The molecule has 0 N–H and O–H groups in total. The zero-order valence-electron chi connectivity index (χ0n) is 7.71. The molecule has 0 aliphatic rings. The molecule has 0 aromatic carbocycles. The van der Waals surface area contributed by atoms with Gasteiger partial charge in [-0.1, -0.05) is 19.3 Å². The van der Waals surface area contributed by atoms with Gasteiger partial charge in [-0.05, 0) is 19.8 Å². The Kier molecular flexibility index (Phi) is 7.39. The van der Waals surface area contributed by atoms with Crippen molar-refractivity contribution >= 4 is 0 Å². The van der Waals surface area contributed by atoms with E-state index in [4.69, 9.17) is 10.5 Å². The van der Waals surface area contributed by atoms with Crippen molar-refractivity contribution in [3.8, 4) is 12.1 Å². The molecule has 0 saturated carbocycles. The van der Waals surface area contributed by atoms with E-state index in [9.17, 15) is 0 Å². The lowest BCUT2D eigenvalue weighted by molar-refractivity contribution is 0.562. The minimum absolute atomic E-state index is 0.195. The fourth-order valence-electron chi connectivity index (χ4n) is 1.07. The summed E-state index contributed by atoms with van der Waals surface area (Å²) in [6.07, 6.45) is 6.11. The molecule has 0 aliphatic carbocycles. The van der Waals surface area contributed by atoms with Gasteiger partial charge in [0.2, 0.25) is 0 Å². The first kappa shape index (κ1) is 11.0. The van der Waals surface area contributed by atoms with Crippen LogP contribution in [0.25, 0.3) is 0 Å². The Balaban J connectivity index is 3.03. The summed E-state index contributed by atoms with van der Waals surface area (Å²) < 4.78 is 0. The van der Waals surface area contributed by atoms with Crippen LogP contribution >= 0.6 is 0 Å². The molecule has 12 heavy (non-hydrogen) atoms. The van der Waals surface area contributed by atoms with Crippen LogP contribution in [0, 0.1) is 28.6 Å². The molecule has 0 heterocycles. The maximum atomic E-state index is 8.48. The zero-order valence-corrected chi connectivity index (χ0v) is 7.71. The molecule has 0 aromatic heterocycles. The lowest BCUT2D eigenvalue weighted by Crippen LogP contribution is -1.89. The summed E-state index contributed by atoms with van der Waals surface area (Å²) in [6.45, 7) is 1.95. The minimum Gasteiger partial charge on any atom is -0.198 e. The van der Waals surface area contributed by atoms with Crippen molar-refractivity contribution in [1.82, 2.24) is 0 Å². The van der Waals surface area contributed by atoms with Crippen molar-refractivity contribution < 1.29 is 0 Å². The van der Waals surface area contributed by atoms with Gasteiger partial charge in [0.05, 0.1) is 12.1 Å². The molecule has 0 spiro atoms. The number of nitriles is 2. The molecule has 2 nitrogen and oxygen atoms in total. The third-order valence-corrected chi connectivity index (χ3v) is 1.90. The first-order chi connectivity index (χ1) is 5.81. The monoisotopic (exact) mass is 164 g/mol. The summed E-state index contributed by atoms with van der Waals surface area (Å²) in [5.41, 5.74) is 0. The van der Waals surface area contributed by atoms with E-state index >= 15 is 0 Å². The van der Waals surface area contributed by atoms with Gasteiger partial charge >= 0.3 is 0 Å². The normalized spacial score (nSPS) is 11.6. The Morgan fingerprint density at radius 1 is 1.08 bits per heavy atom. The van der Waals surface area contributed by atoms with Crippen LogP contribution in [0.2, 0.25) is 0 Å². The van der Waals surface area contributed by atoms with Gasteiger partial charge in [-0.15, -0.1) is 0 Å². The SMILES string of the molecule is CC(C#N)CCCCCCC#N. The Hall–Kier alpha value is -1.02. The number of hydrogen-bond acceptors (Lipinski definition) is 2. The molecule has 0 amide bonds. The fourth-order valence-corrected chi connectivity index (χ4v) is 1.07. The summed E-state index contributed by atoms with van der Waals surface area (Å²) in [5.74, 6) is 0.195. The first-order valence-corrected chi connectivity index (χ1v) is 4.58. The van der Waals surface area contributed by atoms with Crippen molar-refractivity contribution in [3.05, 3.63) is 0 Å². The molecular formula is C10H16N2. The zero-order chi connectivity index (χ0) is 9.23. The number of nitrogens with zero attached hydrogens (tertiary/aromatic N) is 2. The topological polar surface area (TPSA) is 47.6 Å². The summed E-state index contributed by atoms with van der Waals surface area (Å²) in [7, 11) is 0. The quantitative estimate of drug-likeness (QED) is 0.566. The molecule has 1 unspecified atom stereocenters. The van der Waals surface area contributed by atoms with Gasteiger partial charge in [-0.2, -0.15) is 10.5 Å². The van der Waals surface area contributed by atoms with E-state index in [1.807, 2.05) is 6.92 Å². The average molecular weight is 164 g/mol. The van der Waals surface area contributed by atoms with Crippen molar-refractivity contribution in [1.29, 1.82) is 10.5 Å². The summed E-state index contributed by atoms with van der Waals surface area (Å²) in [5, 5.41) is 16.7. The van der Waals surface area contributed by atoms with Gasteiger partial charge in [0.15, 0.2) is 0 Å². The van der Waals surface area contributed by atoms with Gasteiger partial charge in [0, 0.05) is 12.3 Å². The van der Waals surface area contributed by atoms with Gasteiger partial charge in [-0.3, -0.25) is 0 Å². The Morgan fingerprint density at radius 2 is 1.75 bits per heavy atom. The van der Waals surface area contributed by atoms with E-state index in [1.165, 1.54) is 0 Å². The molecule has 2 heteroatoms. The highest BCUT2D eigenvalue weighted by Gasteiger charge is 1.97. The number of rotatable bonds is 6. The Bertz CT molecular complexity index is 173. The summed E-state index contributed by atoms with van der Waals surface area (Å²) in [4.78, 5) is 0. The van der Waals surface area contributed by atoms with Crippen LogP contribution in [0.4, 0.5) is 0 Å². The summed E-state index contributed by atoms with van der Waals surface area (Å²) >= 11 is 0. The largest absolute Gasteiger partial charge is 0.198 e. The smallest absolute Gasteiger partial charge is 0.0652 e. The van der Waals surface area contributed by atoms with Gasteiger partial charge in [-0.25, -0.2) is 0 Å². The molecule has 0 bridgehead atoms. The first-order valence-electron chi connectivity index (χ1n) is 4.58. The molecule has 0 fully saturated rings. The molecular weight excluding hydrogens is 148 g/mol. The molecule has 0 rings (SSSR count). The lowest BCUT2D eigenvalue weighted by atomic mass is 10.0. The Labute approximate surface area is 74.8 Å². The highest BCUT2D eigenvalue weighted by atomic mass is 14.3. The highest BCUT2D eigenvalue weighted by Crippen LogP contribution is 2.09. The maximum Gasteiger partial charge on any atom is 0.0652 e. The standard InChI is InChI=1S/C10H16N2/c1-10(9-12)7-5-3-2-4-6-8-11/h10H,2-7H2,1H3. The molecule has 0 saturated heterocycles.